The third-order valence-electron chi connectivity index (χ3n) is 5.40. The van der Waals surface area contributed by atoms with Crippen LogP contribution in [-0.4, -0.2) is 19.1 Å². The number of carbonyl (C=O) groups excluding carboxylic acids is 1. The molecule has 1 aliphatic rings. The first kappa shape index (κ1) is 19.5. The largest absolute Gasteiger partial charge is 0.325 e. The number of rotatable bonds is 4. The van der Waals surface area contributed by atoms with Crippen molar-refractivity contribution in [2.24, 2.45) is 0 Å². The van der Waals surface area contributed by atoms with Crippen LogP contribution in [-0.2, 0) is 14.6 Å². The van der Waals surface area contributed by atoms with Gasteiger partial charge in [0.1, 0.15) is 5.82 Å². The van der Waals surface area contributed by atoms with E-state index in [4.69, 9.17) is 0 Å². The summed E-state index contributed by atoms with van der Waals surface area (Å²) in [5.41, 5.74) is 2.19. The minimum Gasteiger partial charge on any atom is -0.325 e. The molecule has 1 fully saturated rings. The van der Waals surface area contributed by atoms with Gasteiger partial charge in [0.2, 0.25) is 5.91 Å². The summed E-state index contributed by atoms with van der Waals surface area (Å²) >= 11 is 0. The number of aryl methyl sites for hydroxylation is 3. The van der Waals surface area contributed by atoms with Crippen molar-refractivity contribution in [1.82, 2.24) is 0 Å². The Morgan fingerprint density at radius 3 is 2.26 bits per heavy atom. The van der Waals surface area contributed by atoms with Crippen LogP contribution in [0.4, 0.5) is 10.1 Å². The van der Waals surface area contributed by atoms with Crippen molar-refractivity contribution < 1.29 is 17.6 Å². The number of anilines is 1. The summed E-state index contributed by atoms with van der Waals surface area (Å²) in [6.07, 6.45) is 1.87. The van der Waals surface area contributed by atoms with Crippen LogP contribution >= 0.6 is 0 Å². The second-order valence-electron chi connectivity index (χ2n) is 7.39. The molecule has 0 bridgehead atoms. The number of hydrogen-bond donors (Lipinski definition) is 1. The number of carbonyl (C=O) groups is 1. The summed E-state index contributed by atoms with van der Waals surface area (Å²) < 4.78 is 39.4. The molecule has 0 atom stereocenters. The lowest BCUT2D eigenvalue weighted by Gasteiger charge is -2.28. The molecule has 2 aromatic rings. The van der Waals surface area contributed by atoms with Gasteiger partial charge in [-0.25, -0.2) is 12.8 Å². The third-order valence-corrected chi connectivity index (χ3v) is 8.04. The number of benzene rings is 2. The maximum absolute atomic E-state index is 13.8. The molecule has 0 spiro atoms. The lowest BCUT2D eigenvalue weighted by Crippen LogP contribution is -2.47. The van der Waals surface area contributed by atoms with E-state index in [-0.39, 0.29) is 23.4 Å². The molecular formula is C21H24FNO3S. The number of hydrogen-bond acceptors (Lipinski definition) is 3. The smallest absolute Gasteiger partial charge is 0.246 e. The van der Waals surface area contributed by atoms with E-state index >= 15 is 0 Å². The summed E-state index contributed by atoms with van der Waals surface area (Å²) in [5, 5.41) is 2.64. The highest BCUT2D eigenvalue weighted by Crippen LogP contribution is 2.42. The zero-order valence-electron chi connectivity index (χ0n) is 15.8. The molecule has 1 saturated carbocycles. The standard InChI is InChI=1S/C21H24FNO3S/c1-14-6-7-16(3)19(12-14)27(25,26)21(10-4-5-11-21)20(24)23-17-9-8-15(2)18(22)13-17/h6-9,12-13H,4-5,10-11H2,1-3H3,(H,23,24). The molecule has 6 heteroatoms. The van der Waals surface area contributed by atoms with E-state index in [9.17, 15) is 17.6 Å². The fourth-order valence-corrected chi connectivity index (χ4v) is 6.06. The van der Waals surface area contributed by atoms with Gasteiger partial charge in [0.05, 0.1) is 4.90 Å². The number of sulfone groups is 1. The Bertz CT molecular complexity index is 992. The first-order valence-corrected chi connectivity index (χ1v) is 10.6. The minimum atomic E-state index is -3.90. The van der Waals surface area contributed by atoms with Crippen molar-refractivity contribution >= 4 is 21.4 Å². The van der Waals surface area contributed by atoms with Crippen molar-refractivity contribution in [2.75, 3.05) is 5.32 Å². The van der Waals surface area contributed by atoms with Gasteiger partial charge >= 0.3 is 0 Å². The van der Waals surface area contributed by atoms with Gasteiger partial charge in [-0.3, -0.25) is 4.79 Å². The van der Waals surface area contributed by atoms with Crippen LogP contribution in [0.25, 0.3) is 0 Å². The maximum atomic E-state index is 13.8. The number of amides is 1. The molecule has 0 saturated heterocycles. The Morgan fingerprint density at radius 1 is 1.00 bits per heavy atom. The first-order chi connectivity index (χ1) is 12.7. The zero-order chi connectivity index (χ0) is 19.8. The van der Waals surface area contributed by atoms with Gasteiger partial charge in [-0.05, 0) is 68.5 Å². The summed E-state index contributed by atoms with van der Waals surface area (Å²) in [5.74, 6) is -1.02. The van der Waals surface area contributed by atoms with Gasteiger partial charge in [0.15, 0.2) is 14.6 Å². The molecule has 1 amide bonds. The van der Waals surface area contributed by atoms with Crippen LogP contribution in [0.1, 0.15) is 42.4 Å². The predicted octanol–water partition coefficient (Wildman–Crippen LogP) is 4.48. The molecule has 0 aromatic heterocycles. The van der Waals surface area contributed by atoms with Gasteiger partial charge < -0.3 is 5.32 Å². The van der Waals surface area contributed by atoms with E-state index in [1.165, 1.54) is 6.07 Å². The van der Waals surface area contributed by atoms with Gasteiger partial charge in [-0.15, -0.1) is 0 Å². The molecule has 0 heterocycles. The molecule has 0 aliphatic heterocycles. The second kappa shape index (κ2) is 7.08. The van der Waals surface area contributed by atoms with Crippen LogP contribution in [0.15, 0.2) is 41.3 Å². The fraction of sp³-hybridized carbons (Fsp3) is 0.381. The van der Waals surface area contributed by atoms with Crippen LogP contribution < -0.4 is 5.32 Å². The summed E-state index contributed by atoms with van der Waals surface area (Å²) in [7, 11) is -3.90. The second-order valence-corrected chi connectivity index (χ2v) is 9.62. The maximum Gasteiger partial charge on any atom is 0.246 e. The molecule has 3 rings (SSSR count). The van der Waals surface area contributed by atoms with Crippen molar-refractivity contribution in [1.29, 1.82) is 0 Å². The number of halogens is 1. The van der Waals surface area contributed by atoms with E-state index < -0.39 is 26.3 Å². The van der Waals surface area contributed by atoms with Crippen molar-refractivity contribution in [2.45, 2.75) is 56.1 Å². The molecule has 1 aliphatic carbocycles. The van der Waals surface area contributed by atoms with Gasteiger partial charge in [-0.1, -0.05) is 31.0 Å². The van der Waals surface area contributed by atoms with Crippen LogP contribution in [0, 0.1) is 26.6 Å². The summed E-state index contributed by atoms with van der Waals surface area (Å²) in [6, 6.07) is 9.61. The average molecular weight is 389 g/mol. The molecule has 0 unspecified atom stereocenters. The van der Waals surface area contributed by atoms with E-state index in [2.05, 4.69) is 5.32 Å². The molecule has 1 N–H and O–H groups in total. The lowest BCUT2D eigenvalue weighted by molar-refractivity contribution is -0.118. The van der Waals surface area contributed by atoms with E-state index in [0.717, 1.165) is 5.56 Å². The highest BCUT2D eigenvalue weighted by atomic mass is 32.2. The van der Waals surface area contributed by atoms with Crippen molar-refractivity contribution in [3.05, 3.63) is 58.9 Å². The predicted molar refractivity (Wildman–Crippen MR) is 104 cm³/mol. The molecule has 2 aromatic carbocycles. The normalized spacial score (nSPS) is 16.3. The minimum absolute atomic E-state index is 0.203. The molecule has 27 heavy (non-hydrogen) atoms. The summed E-state index contributed by atoms with van der Waals surface area (Å²) in [6.45, 7) is 5.20. The van der Waals surface area contributed by atoms with Crippen LogP contribution in [0.3, 0.4) is 0 Å². The molecule has 144 valence electrons. The van der Waals surface area contributed by atoms with Gasteiger partial charge in [0, 0.05) is 5.69 Å². The highest BCUT2D eigenvalue weighted by molar-refractivity contribution is 7.93. The SMILES string of the molecule is Cc1ccc(C)c(S(=O)(=O)C2(C(=O)Nc3ccc(C)c(F)c3)CCCC2)c1. The number of nitrogens with one attached hydrogen (secondary N) is 1. The topological polar surface area (TPSA) is 63.2 Å². The van der Waals surface area contributed by atoms with Crippen LogP contribution in [0.5, 0.6) is 0 Å². The van der Waals surface area contributed by atoms with E-state index in [1.807, 2.05) is 13.0 Å². The molecular weight excluding hydrogens is 365 g/mol. The highest BCUT2D eigenvalue weighted by Gasteiger charge is 2.53. The molecule has 4 nitrogen and oxygen atoms in total. The molecule has 0 radical (unpaired) electrons. The lowest BCUT2D eigenvalue weighted by atomic mass is 10.1. The third kappa shape index (κ3) is 3.38. The Labute approximate surface area is 159 Å². The monoisotopic (exact) mass is 389 g/mol. The average Bonchev–Trinajstić information content (AvgIpc) is 3.12. The Hall–Kier alpha value is -2.21. The van der Waals surface area contributed by atoms with Crippen molar-refractivity contribution in [3.63, 3.8) is 0 Å². The Kier molecular flexibility index (Phi) is 5.12. The Morgan fingerprint density at radius 2 is 1.63 bits per heavy atom. The van der Waals surface area contributed by atoms with E-state index in [0.29, 0.717) is 24.0 Å². The summed E-state index contributed by atoms with van der Waals surface area (Å²) in [4.78, 5) is 13.3. The van der Waals surface area contributed by atoms with E-state index in [1.54, 1.807) is 38.1 Å². The quantitative estimate of drug-likeness (QED) is 0.839. The van der Waals surface area contributed by atoms with Crippen molar-refractivity contribution in [3.8, 4) is 0 Å². The fourth-order valence-electron chi connectivity index (χ4n) is 3.69. The Balaban J connectivity index is 2.03. The zero-order valence-corrected chi connectivity index (χ0v) is 16.6. The first-order valence-electron chi connectivity index (χ1n) is 9.07. The van der Waals surface area contributed by atoms with Crippen LogP contribution in [0.2, 0.25) is 0 Å². The van der Waals surface area contributed by atoms with Gasteiger partial charge in [0.25, 0.3) is 0 Å². The van der Waals surface area contributed by atoms with Gasteiger partial charge in [-0.2, -0.15) is 0 Å².